The van der Waals surface area contributed by atoms with Gasteiger partial charge in [-0.2, -0.15) is 4.31 Å². The molecular weight excluding hydrogens is 576 g/mol. The number of thiazole rings is 1. The van der Waals surface area contributed by atoms with Gasteiger partial charge in [0, 0.05) is 59.1 Å². The van der Waals surface area contributed by atoms with E-state index in [1.807, 2.05) is 12.1 Å². The lowest BCUT2D eigenvalue weighted by molar-refractivity contribution is 0.0376. The van der Waals surface area contributed by atoms with Crippen molar-refractivity contribution >= 4 is 54.2 Å². The summed E-state index contributed by atoms with van der Waals surface area (Å²) in [6.45, 7) is 5.34. The van der Waals surface area contributed by atoms with Gasteiger partial charge in [0.1, 0.15) is 5.52 Å². The number of nitrogens with zero attached hydrogens (tertiary/aromatic N) is 4. The average Bonchev–Trinajstić information content (AvgIpc) is 3.41. The summed E-state index contributed by atoms with van der Waals surface area (Å²) in [7, 11) is -0.759. The molecule has 1 aliphatic rings. The second kappa shape index (κ2) is 14.6. The fourth-order valence-electron chi connectivity index (χ4n) is 4.39. The Morgan fingerprint density at radius 3 is 2.35 bits per heavy atom. The Bertz CT molecular complexity index is 1360. The molecule has 10 nitrogen and oxygen atoms in total. The molecule has 0 spiro atoms. The summed E-state index contributed by atoms with van der Waals surface area (Å²) in [5.41, 5.74) is 1.03. The SMILES string of the molecule is COCCN(CCOC)S(=O)(=O)c1ccc(C(=O)N(CCCN2CCOCC2)c2nc3c(Cl)cccc3s2)cc1. The third-order valence-corrected chi connectivity index (χ3v) is 9.88. The lowest BCUT2D eigenvalue weighted by Crippen LogP contribution is -2.39. The minimum atomic E-state index is -3.80. The Hall–Kier alpha value is -2.16. The summed E-state index contributed by atoms with van der Waals surface area (Å²) < 4.78 is 44.4. The van der Waals surface area contributed by atoms with Crippen molar-refractivity contribution in [2.75, 3.05) is 84.8 Å². The van der Waals surface area contributed by atoms with Crippen molar-refractivity contribution in [2.45, 2.75) is 11.3 Å². The first-order chi connectivity index (χ1) is 19.3. The summed E-state index contributed by atoms with van der Waals surface area (Å²) in [5, 5.41) is 1.08. The monoisotopic (exact) mass is 610 g/mol. The van der Waals surface area contributed by atoms with Crippen LogP contribution in [0, 0.1) is 0 Å². The van der Waals surface area contributed by atoms with Gasteiger partial charge in [-0.3, -0.25) is 14.6 Å². The van der Waals surface area contributed by atoms with Crippen molar-refractivity contribution in [1.82, 2.24) is 14.2 Å². The highest BCUT2D eigenvalue weighted by Crippen LogP contribution is 2.33. The number of benzene rings is 2. The van der Waals surface area contributed by atoms with Gasteiger partial charge in [0.25, 0.3) is 5.91 Å². The van der Waals surface area contributed by atoms with E-state index in [0.717, 1.165) is 30.8 Å². The van der Waals surface area contributed by atoms with Crippen LogP contribution in [0.5, 0.6) is 0 Å². The number of carbonyl (C=O) groups excluding carboxylic acids is 1. The molecule has 13 heteroatoms. The highest BCUT2D eigenvalue weighted by atomic mass is 35.5. The third kappa shape index (κ3) is 7.56. The number of sulfonamides is 1. The second-order valence-corrected chi connectivity index (χ2v) is 12.6. The number of fused-ring (bicyclic) bond motifs is 1. The van der Waals surface area contributed by atoms with Crippen LogP contribution < -0.4 is 4.90 Å². The molecule has 0 radical (unpaired) electrons. The molecule has 0 bridgehead atoms. The van der Waals surface area contributed by atoms with Gasteiger partial charge in [-0.05, 0) is 42.8 Å². The zero-order chi connectivity index (χ0) is 28.5. The zero-order valence-electron chi connectivity index (χ0n) is 22.8. The van der Waals surface area contributed by atoms with Gasteiger partial charge in [-0.25, -0.2) is 13.4 Å². The van der Waals surface area contributed by atoms with Gasteiger partial charge in [0.2, 0.25) is 10.0 Å². The van der Waals surface area contributed by atoms with Crippen molar-refractivity contribution in [1.29, 1.82) is 0 Å². The molecule has 1 saturated heterocycles. The molecule has 2 aromatic carbocycles. The van der Waals surface area contributed by atoms with Crippen LogP contribution in [-0.2, 0) is 24.2 Å². The van der Waals surface area contributed by atoms with E-state index in [1.165, 1.54) is 42.0 Å². The lowest BCUT2D eigenvalue weighted by Gasteiger charge is -2.27. The number of carbonyl (C=O) groups is 1. The molecule has 0 unspecified atom stereocenters. The van der Waals surface area contributed by atoms with Gasteiger partial charge < -0.3 is 14.2 Å². The quantitative estimate of drug-likeness (QED) is 0.273. The molecule has 1 aromatic heterocycles. The predicted octanol–water partition coefficient (Wildman–Crippen LogP) is 3.60. The fourth-order valence-corrected chi connectivity index (χ4v) is 7.09. The highest BCUT2D eigenvalue weighted by molar-refractivity contribution is 7.89. The van der Waals surface area contributed by atoms with Crippen molar-refractivity contribution < 1.29 is 27.4 Å². The number of rotatable bonds is 14. The normalized spacial score (nSPS) is 14.7. The summed E-state index contributed by atoms with van der Waals surface area (Å²) >= 11 is 7.78. The van der Waals surface area contributed by atoms with Gasteiger partial charge >= 0.3 is 0 Å². The number of para-hydroxylation sites is 1. The standard InChI is InChI=1S/C27H35ClN4O6S2/c1-36-17-15-31(16-18-37-2)40(34,35)22-9-7-21(8-10-22)26(33)32(12-4-11-30-13-19-38-20-14-30)27-29-25-23(28)5-3-6-24(25)39-27/h3,5-10H,4,11-20H2,1-2H3. The summed E-state index contributed by atoms with van der Waals surface area (Å²) in [4.78, 5) is 22.6. The van der Waals surface area contributed by atoms with E-state index in [-0.39, 0.29) is 37.1 Å². The maximum absolute atomic E-state index is 13.8. The number of aromatic nitrogens is 1. The van der Waals surface area contributed by atoms with Crippen LogP contribution in [0.25, 0.3) is 10.2 Å². The van der Waals surface area contributed by atoms with Crippen LogP contribution in [0.3, 0.4) is 0 Å². The van der Waals surface area contributed by atoms with Crippen molar-refractivity contribution in [3.8, 4) is 0 Å². The zero-order valence-corrected chi connectivity index (χ0v) is 25.1. The first-order valence-corrected chi connectivity index (χ1v) is 15.7. The molecule has 1 aliphatic heterocycles. The number of ether oxygens (including phenoxy) is 3. The summed E-state index contributed by atoms with van der Waals surface area (Å²) in [6.07, 6.45) is 0.746. The number of amides is 1. The Balaban J connectivity index is 1.56. The fraction of sp³-hybridized carbons (Fsp3) is 0.481. The van der Waals surface area contributed by atoms with E-state index < -0.39 is 10.0 Å². The first-order valence-electron chi connectivity index (χ1n) is 13.1. The first kappa shape index (κ1) is 30.8. The maximum atomic E-state index is 13.8. The van der Waals surface area contributed by atoms with Crippen LogP contribution in [0.1, 0.15) is 16.8 Å². The summed E-state index contributed by atoms with van der Waals surface area (Å²) in [6, 6.07) is 11.6. The Labute approximate surface area is 244 Å². The van der Waals surface area contributed by atoms with Crippen molar-refractivity contribution in [3.63, 3.8) is 0 Å². The molecular formula is C27H35ClN4O6S2. The number of methoxy groups -OCH3 is 2. The molecule has 0 N–H and O–H groups in total. The molecule has 2 heterocycles. The predicted molar refractivity (Wildman–Crippen MR) is 157 cm³/mol. The molecule has 4 rings (SSSR count). The van der Waals surface area contributed by atoms with Gasteiger partial charge in [0.15, 0.2) is 5.13 Å². The van der Waals surface area contributed by atoms with Crippen LogP contribution in [0.2, 0.25) is 5.02 Å². The molecule has 0 atom stereocenters. The number of halogens is 1. The Morgan fingerprint density at radius 2 is 1.73 bits per heavy atom. The van der Waals surface area contributed by atoms with Gasteiger partial charge in [0.05, 0.1) is 41.0 Å². The van der Waals surface area contributed by atoms with E-state index >= 15 is 0 Å². The minimum absolute atomic E-state index is 0.0990. The second-order valence-electron chi connectivity index (χ2n) is 9.26. The number of morpholine rings is 1. The van der Waals surface area contributed by atoms with E-state index in [0.29, 0.717) is 41.0 Å². The van der Waals surface area contributed by atoms with Crippen LogP contribution in [-0.4, -0.2) is 108 Å². The Morgan fingerprint density at radius 1 is 1.05 bits per heavy atom. The van der Waals surface area contributed by atoms with E-state index in [9.17, 15) is 13.2 Å². The molecule has 40 heavy (non-hydrogen) atoms. The van der Waals surface area contributed by atoms with Crippen LogP contribution in [0.4, 0.5) is 5.13 Å². The topological polar surface area (TPSA) is 102 Å². The van der Waals surface area contributed by atoms with Crippen molar-refractivity contribution in [2.24, 2.45) is 0 Å². The molecule has 1 fully saturated rings. The molecule has 3 aromatic rings. The van der Waals surface area contributed by atoms with Crippen LogP contribution >= 0.6 is 22.9 Å². The number of hydrogen-bond donors (Lipinski definition) is 0. The van der Waals surface area contributed by atoms with Gasteiger partial charge in [-0.1, -0.05) is 29.0 Å². The smallest absolute Gasteiger partial charge is 0.260 e. The average molecular weight is 611 g/mol. The van der Waals surface area contributed by atoms with Crippen LogP contribution in [0.15, 0.2) is 47.4 Å². The van der Waals surface area contributed by atoms with E-state index in [2.05, 4.69) is 4.90 Å². The van der Waals surface area contributed by atoms with Gasteiger partial charge in [-0.15, -0.1) is 0 Å². The molecule has 0 aliphatic carbocycles. The highest BCUT2D eigenvalue weighted by Gasteiger charge is 2.26. The Kier molecular flexibility index (Phi) is 11.3. The lowest BCUT2D eigenvalue weighted by atomic mass is 10.2. The molecule has 0 saturated carbocycles. The van der Waals surface area contributed by atoms with E-state index in [1.54, 1.807) is 23.1 Å². The van der Waals surface area contributed by atoms with Crippen molar-refractivity contribution in [3.05, 3.63) is 53.1 Å². The number of anilines is 1. The third-order valence-electron chi connectivity index (χ3n) is 6.62. The molecule has 1 amide bonds. The van der Waals surface area contributed by atoms with E-state index in [4.69, 9.17) is 30.8 Å². The minimum Gasteiger partial charge on any atom is -0.383 e. The summed E-state index contributed by atoms with van der Waals surface area (Å²) in [5.74, 6) is -0.253. The maximum Gasteiger partial charge on any atom is 0.260 e. The largest absolute Gasteiger partial charge is 0.383 e. The number of hydrogen-bond acceptors (Lipinski definition) is 9. The molecule has 218 valence electrons.